The van der Waals surface area contributed by atoms with Crippen molar-refractivity contribution in [3.8, 4) is 0 Å². The second-order valence-electron chi connectivity index (χ2n) is 0.698. The Morgan fingerprint density at radius 2 is 2.00 bits per heavy atom. The molecule has 0 aromatic rings. The molecule has 0 radical (unpaired) electrons. The summed E-state index contributed by atoms with van der Waals surface area (Å²) >= 11 is 0. The molecule has 0 aromatic carbocycles. The van der Waals surface area contributed by atoms with E-state index in [1.807, 2.05) is 6.66 Å². The summed E-state index contributed by atoms with van der Waals surface area (Å²) in [5.41, 5.74) is 7.33. The van der Waals surface area contributed by atoms with E-state index < -0.39 is 0 Å². The summed E-state index contributed by atoms with van der Waals surface area (Å²) in [6.45, 7) is 1.99. The van der Waals surface area contributed by atoms with Crippen molar-refractivity contribution in [1.29, 1.82) is 0 Å². The highest BCUT2D eigenvalue weighted by atomic mass is 31.1. The van der Waals surface area contributed by atoms with Crippen molar-refractivity contribution in [3.05, 3.63) is 10.4 Å². The monoisotopic (exact) mass is 135 g/mol. The van der Waals surface area contributed by atoms with E-state index in [9.17, 15) is 0 Å². The molecule has 0 fully saturated rings. The van der Waals surface area contributed by atoms with Crippen molar-refractivity contribution in [2.45, 2.75) is 0 Å². The average Bonchev–Trinajstić information content (AvgIpc) is 1.88. The fourth-order valence-corrected chi connectivity index (χ4v) is 0. The number of rotatable bonds is 1. The predicted molar refractivity (Wildman–Crippen MR) is 36.3 cm³/mol. The molecular weight excluding hydrogens is 125 g/mol. The van der Waals surface area contributed by atoms with Gasteiger partial charge in [0.1, 0.15) is 0 Å². The van der Waals surface area contributed by atoms with E-state index in [0.29, 0.717) is 8.81 Å². The van der Waals surface area contributed by atoms with Crippen LogP contribution in [0.2, 0.25) is 0 Å². The van der Waals surface area contributed by atoms with Crippen LogP contribution < -0.4 is 0 Å². The molecule has 0 bridgehead atoms. The van der Waals surface area contributed by atoms with Gasteiger partial charge in [-0.15, -0.1) is 0 Å². The SMILES string of the molecule is CN=[N+]=[N-].COPC. The zero-order chi connectivity index (χ0) is 6.83. The van der Waals surface area contributed by atoms with Crippen molar-refractivity contribution in [1.82, 2.24) is 0 Å². The highest BCUT2D eigenvalue weighted by molar-refractivity contribution is 7.31. The van der Waals surface area contributed by atoms with Crippen molar-refractivity contribution >= 4 is 8.81 Å². The van der Waals surface area contributed by atoms with E-state index in [0.717, 1.165) is 0 Å². The minimum absolute atomic E-state index is 0.640. The average molecular weight is 135 g/mol. The van der Waals surface area contributed by atoms with Crippen LogP contribution in [0.4, 0.5) is 0 Å². The lowest BCUT2D eigenvalue weighted by molar-refractivity contribution is 0.479. The Hall–Kier alpha value is -0.300. The first-order valence-corrected chi connectivity index (χ1v) is 3.37. The van der Waals surface area contributed by atoms with Crippen molar-refractivity contribution in [3.63, 3.8) is 0 Å². The number of azide groups is 1. The molecule has 0 rings (SSSR count). The summed E-state index contributed by atoms with van der Waals surface area (Å²) in [5, 5.41) is 2.92. The Morgan fingerprint density at radius 3 is 2.00 bits per heavy atom. The Labute approximate surface area is 50.7 Å². The van der Waals surface area contributed by atoms with Crippen molar-refractivity contribution in [2.24, 2.45) is 5.11 Å². The molecule has 8 heavy (non-hydrogen) atoms. The molecule has 0 aliphatic carbocycles. The summed E-state index contributed by atoms with van der Waals surface area (Å²) in [6.07, 6.45) is 0. The van der Waals surface area contributed by atoms with E-state index in [2.05, 4.69) is 14.5 Å². The van der Waals surface area contributed by atoms with Gasteiger partial charge in [-0.25, -0.2) is 0 Å². The molecule has 5 heteroatoms. The lowest BCUT2D eigenvalue weighted by Gasteiger charge is -1.76. The smallest absolute Gasteiger partial charge is 0.0394 e. The van der Waals surface area contributed by atoms with Crippen LogP contribution >= 0.6 is 8.81 Å². The number of nitrogens with zero attached hydrogens (tertiary/aromatic N) is 3. The second-order valence-corrected chi connectivity index (χ2v) is 1.51. The summed E-state index contributed by atoms with van der Waals surface area (Å²) in [5.74, 6) is 0. The minimum Gasteiger partial charge on any atom is -0.366 e. The standard InChI is InChI=1S/C2H7OP.CH3N3/c2*1-3-4-2/h4H,1-2H3;1H3. The lowest BCUT2D eigenvalue weighted by Crippen LogP contribution is -1.49. The summed E-state index contributed by atoms with van der Waals surface area (Å²) < 4.78 is 4.57. The highest BCUT2D eigenvalue weighted by Crippen LogP contribution is 1.96. The highest BCUT2D eigenvalue weighted by Gasteiger charge is 1.51. The molecule has 0 aromatic heterocycles. The minimum atomic E-state index is 0.640. The molecule has 0 spiro atoms. The molecule has 0 aliphatic heterocycles. The van der Waals surface area contributed by atoms with Crippen LogP contribution in [0, 0.1) is 0 Å². The fraction of sp³-hybridized carbons (Fsp3) is 1.00. The van der Waals surface area contributed by atoms with E-state index in [1.54, 1.807) is 7.11 Å². The maximum atomic E-state index is 7.33. The molecule has 0 saturated heterocycles. The van der Waals surface area contributed by atoms with Crippen LogP contribution in [-0.2, 0) is 4.52 Å². The summed E-state index contributed by atoms with van der Waals surface area (Å²) in [4.78, 5) is 2.36. The third-order valence-corrected chi connectivity index (χ3v) is 0.702. The molecular formula is C3H10N3OP. The van der Waals surface area contributed by atoms with Crippen LogP contribution in [0.5, 0.6) is 0 Å². The van der Waals surface area contributed by atoms with Gasteiger partial charge in [0.15, 0.2) is 0 Å². The molecule has 1 unspecified atom stereocenters. The quantitative estimate of drug-likeness (QED) is 0.234. The first kappa shape index (κ1) is 10.6. The van der Waals surface area contributed by atoms with Gasteiger partial charge < -0.3 is 4.52 Å². The van der Waals surface area contributed by atoms with Gasteiger partial charge in [-0.2, -0.15) is 0 Å². The van der Waals surface area contributed by atoms with Gasteiger partial charge in [-0.05, 0) is 12.2 Å². The third-order valence-electron chi connectivity index (χ3n) is 0.294. The second kappa shape index (κ2) is 15.9. The fourth-order valence-electron chi connectivity index (χ4n) is 0. The number of hydrogen-bond acceptors (Lipinski definition) is 2. The van der Waals surface area contributed by atoms with Crippen LogP contribution in [0.15, 0.2) is 5.11 Å². The van der Waals surface area contributed by atoms with Crippen LogP contribution in [0.3, 0.4) is 0 Å². The Kier molecular flexibility index (Phi) is 21.1. The van der Waals surface area contributed by atoms with E-state index in [4.69, 9.17) is 5.53 Å². The normalized spacial score (nSPS) is 7.38. The third kappa shape index (κ3) is 43.6. The maximum Gasteiger partial charge on any atom is 0.0394 e. The van der Waals surface area contributed by atoms with Gasteiger partial charge in [-0.3, -0.25) is 0 Å². The van der Waals surface area contributed by atoms with Crippen LogP contribution in [-0.4, -0.2) is 20.8 Å². The van der Waals surface area contributed by atoms with Crippen molar-refractivity contribution in [2.75, 3.05) is 20.8 Å². The first-order chi connectivity index (χ1) is 3.83. The summed E-state index contributed by atoms with van der Waals surface area (Å²) in [7, 11) is 3.72. The Balaban J connectivity index is 0. The van der Waals surface area contributed by atoms with Gasteiger partial charge >= 0.3 is 0 Å². The van der Waals surface area contributed by atoms with Gasteiger partial charge in [0, 0.05) is 27.9 Å². The Bertz CT molecular complexity index is 68.9. The van der Waals surface area contributed by atoms with Crippen molar-refractivity contribution < 1.29 is 4.52 Å². The molecule has 4 nitrogen and oxygen atoms in total. The van der Waals surface area contributed by atoms with Gasteiger partial charge in [-0.1, -0.05) is 5.11 Å². The molecule has 1 atom stereocenters. The maximum absolute atomic E-state index is 7.33. The summed E-state index contributed by atoms with van der Waals surface area (Å²) in [6, 6.07) is 0. The van der Waals surface area contributed by atoms with E-state index in [1.165, 1.54) is 7.05 Å². The lowest BCUT2D eigenvalue weighted by atomic mass is 11.6. The molecule has 0 amide bonds. The predicted octanol–water partition coefficient (Wildman–Crippen LogP) is 1.78. The Morgan fingerprint density at radius 1 is 1.75 bits per heavy atom. The molecule has 48 valence electrons. The van der Waals surface area contributed by atoms with Gasteiger partial charge in [0.2, 0.25) is 0 Å². The van der Waals surface area contributed by atoms with E-state index in [-0.39, 0.29) is 0 Å². The first-order valence-electron chi connectivity index (χ1n) is 1.96. The van der Waals surface area contributed by atoms with Gasteiger partial charge in [0.25, 0.3) is 0 Å². The van der Waals surface area contributed by atoms with Crippen LogP contribution in [0.1, 0.15) is 0 Å². The number of hydrogen-bond donors (Lipinski definition) is 0. The zero-order valence-corrected chi connectivity index (χ0v) is 6.25. The molecule has 0 aliphatic rings. The molecule has 0 saturated carbocycles. The van der Waals surface area contributed by atoms with E-state index >= 15 is 0 Å². The largest absolute Gasteiger partial charge is 0.366 e. The zero-order valence-electron chi connectivity index (χ0n) is 5.25. The molecule has 0 heterocycles. The topological polar surface area (TPSA) is 58.0 Å². The van der Waals surface area contributed by atoms with Gasteiger partial charge in [0.05, 0.1) is 0 Å². The molecule has 0 N–H and O–H groups in total. The van der Waals surface area contributed by atoms with Crippen LogP contribution in [0.25, 0.3) is 10.4 Å².